The van der Waals surface area contributed by atoms with Gasteiger partial charge in [-0.05, 0) is 62.8 Å². The smallest absolute Gasteiger partial charge is 0.349 e. The zero-order valence-corrected chi connectivity index (χ0v) is 14.7. The number of benzene rings is 1. The molecule has 0 saturated carbocycles. The molecule has 2 aromatic rings. The Labute approximate surface area is 145 Å². The molecular weight excluding hydrogens is 322 g/mol. The average molecular weight is 343 g/mol. The van der Waals surface area contributed by atoms with E-state index in [2.05, 4.69) is 5.32 Å². The number of carbonyl (C=O) groups is 2. The van der Waals surface area contributed by atoms with Crippen molar-refractivity contribution in [1.29, 1.82) is 0 Å². The van der Waals surface area contributed by atoms with Crippen LogP contribution >= 0.6 is 11.3 Å². The fourth-order valence-corrected chi connectivity index (χ4v) is 3.95. The summed E-state index contributed by atoms with van der Waals surface area (Å²) in [5.41, 5.74) is 2.96. The summed E-state index contributed by atoms with van der Waals surface area (Å²) in [4.78, 5) is 26.4. The van der Waals surface area contributed by atoms with Crippen LogP contribution in [0.25, 0.3) is 0 Å². The number of thiophene rings is 1. The Bertz CT molecular complexity index is 742. The minimum absolute atomic E-state index is 0.320. The number of rotatable bonds is 4. The number of para-hydroxylation sites is 1. The van der Waals surface area contributed by atoms with Gasteiger partial charge in [-0.1, -0.05) is 18.2 Å². The van der Waals surface area contributed by atoms with Crippen LogP contribution in [0.3, 0.4) is 0 Å². The SMILES string of the molecule is Cc1ccccc1NC(=O)C(C)OC(=O)c1cc2c(s1)CCCC2. The van der Waals surface area contributed by atoms with E-state index >= 15 is 0 Å². The maximum absolute atomic E-state index is 12.3. The summed E-state index contributed by atoms with van der Waals surface area (Å²) in [6, 6.07) is 9.44. The minimum Gasteiger partial charge on any atom is -0.448 e. The number of esters is 1. The molecular formula is C19H21NO3S. The van der Waals surface area contributed by atoms with Gasteiger partial charge in [-0.2, -0.15) is 0 Å². The van der Waals surface area contributed by atoms with Crippen LogP contribution in [0, 0.1) is 6.92 Å². The third-order valence-electron chi connectivity index (χ3n) is 4.25. The summed E-state index contributed by atoms with van der Waals surface area (Å²) in [6.07, 6.45) is 3.58. The molecule has 0 bridgehead atoms. The molecule has 24 heavy (non-hydrogen) atoms. The van der Waals surface area contributed by atoms with Crippen molar-refractivity contribution in [3.05, 3.63) is 51.2 Å². The van der Waals surface area contributed by atoms with Crippen molar-refractivity contribution in [2.75, 3.05) is 5.32 Å². The monoisotopic (exact) mass is 343 g/mol. The van der Waals surface area contributed by atoms with Crippen LogP contribution in [0.2, 0.25) is 0 Å². The van der Waals surface area contributed by atoms with Crippen molar-refractivity contribution < 1.29 is 14.3 Å². The first-order chi connectivity index (χ1) is 11.5. The number of carbonyl (C=O) groups excluding carboxylic acids is 2. The summed E-state index contributed by atoms with van der Waals surface area (Å²) in [5.74, 6) is -0.735. The second-order valence-electron chi connectivity index (χ2n) is 6.12. The molecule has 1 atom stereocenters. The lowest BCUT2D eigenvalue weighted by Gasteiger charge is -2.14. The van der Waals surface area contributed by atoms with Crippen molar-refractivity contribution in [3.63, 3.8) is 0 Å². The predicted molar refractivity (Wildman–Crippen MR) is 95.6 cm³/mol. The lowest BCUT2D eigenvalue weighted by atomic mass is 9.99. The van der Waals surface area contributed by atoms with E-state index in [4.69, 9.17) is 4.74 Å². The molecule has 1 amide bonds. The molecule has 4 nitrogen and oxygen atoms in total. The molecule has 1 unspecified atom stereocenters. The third kappa shape index (κ3) is 3.67. The molecule has 1 aromatic heterocycles. The summed E-state index contributed by atoms with van der Waals surface area (Å²) in [6.45, 7) is 3.52. The quantitative estimate of drug-likeness (QED) is 0.850. The number of hydrogen-bond acceptors (Lipinski definition) is 4. The van der Waals surface area contributed by atoms with Gasteiger partial charge in [0.2, 0.25) is 0 Å². The second kappa shape index (κ2) is 7.18. The highest BCUT2D eigenvalue weighted by molar-refractivity contribution is 7.14. The maximum atomic E-state index is 12.3. The van der Waals surface area contributed by atoms with Crippen LogP contribution < -0.4 is 5.32 Å². The van der Waals surface area contributed by atoms with Crippen LogP contribution in [0.5, 0.6) is 0 Å². The topological polar surface area (TPSA) is 55.4 Å². The number of aryl methyl sites for hydroxylation is 3. The Morgan fingerprint density at radius 2 is 1.96 bits per heavy atom. The normalized spacial score (nSPS) is 14.6. The molecule has 1 aliphatic rings. The van der Waals surface area contributed by atoms with Crippen molar-refractivity contribution in [3.8, 4) is 0 Å². The first-order valence-electron chi connectivity index (χ1n) is 8.23. The average Bonchev–Trinajstić information content (AvgIpc) is 3.01. The fraction of sp³-hybridized carbons (Fsp3) is 0.368. The Morgan fingerprint density at radius 3 is 2.71 bits per heavy atom. The summed E-state index contributed by atoms with van der Waals surface area (Å²) in [7, 11) is 0. The molecule has 126 valence electrons. The van der Waals surface area contributed by atoms with E-state index in [-0.39, 0.29) is 5.91 Å². The van der Waals surface area contributed by atoms with Gasteiger partial charge in [-0.25, -0.2) is 4.79 Å². The predicted octanol–water partition coefficient (Wildman–Crippen LogP) is 4.12. The van der Waals surface area contributed by atoms with Gasteiger partial charge < -0.3 is 10.1 Å². The van der Waals surface area contributed by atoms with Crippen LogP contribution in [-0.2, 0) is 22.4 Å². The maximum Gasteiger partial charge on any atom is 0.349 e. The summed E-state index contributed by atoms with van der Waals surface area (Å²) >= 11 is 1.50. The second-order valence-corrected chi connectivity index (χ2v) is 7.25. The number of anilines is 1. The Morgan fingerprint density at radius 1 is 1.21 bits per heavy atom. The Hall–Kier alpha value is -2.14. The van der Waals surface area contributed by atoms with Crippen molar-refractivity contribution in [2.45, 2.75) is 45.6 Å². The highest BCUT2D eigenvalue weighted by atomic mass is 32.1. The largest absolute Gasteiger partial charge is 0.448 e. The molecule has 0 saturated heterocycles. The third-order valence-corrected chi connectivity index (χ3v) is 5.47. The van der Waals surface area contributed by atoms with E-state index in [1.54, 1.807) is 6.92 Å². The van der Waals surface area contributed by atoms with E-state index < -0.39 is 12.1 Å². The Kier molecular flexibility index (Phi) is 5.00. The molecule has 1 aliphatic carbocycles. The van der Waals surface area contributed by atoms with Crippen LogP contribution in [0.1, 0.15) is 45.4 Å². The molecule has 0 spiro atoms. The van der Waals surface area contributed by atoms with E-state index in [1.165, 1.54) is 34.6 Å². The van der Waals surface area contributed by atoms with Gasteiger partial charge in [0.1, 0.15) is 4.88 Å². The summed E-state index contributed by atoms with van der Waals surface area (Å²) < 4.78 is 5.35. The van der Waals surface area contributed by atoms with Crippen LogP contribution in [0.15, 0.2) is 30.3 Å². The minimum atomic E-state index is -0.837. The molecule has 1 aromatic carbocycles. The first kappa shape index (κ1) is 16.7. The molecule has 0 fully saturated rings. The molecule has 1 N–H and O–H groups in total. The molecule has 0 aliphatic heterocycles. The molecule has 5 heteroatoms. The fourth-order valence-electron chi connectivity index (χ4n) is 2.81. The highest BCUT2D eigenvalue weighted by Gasteiger charge is 2.23. The van der Waals surface area contributed by atoms with Gasteiger partial charge in [0, 0.05) is 10.6 Å². The highest BCUT2D eigenvalue weighted by Crippen LogP contribution is 2.30. The van der Waals surface area contributed by atoms with Gasteiger partial charge in [0.25, 0.3) is 5.91 Å². The van der Waals surface area contributed by atoms with Crippen molar-refractivity contribution in [2.24, 2.45) is 0 Å². The van der Waals surface area contributed by atoms with Crippen molar-refractivity contribution in [1.82, 2.24) is 0 Å². The van der Waals surface area contributed by atoms with Crippen molar-refractivity contribution >= 4 is 28.9 Å². The van der Waals surface area contributed by atoms with Gasteiger partial charge in [0.05, 0.1) is 0 Å². The van der Waals surface area contributed by atoms with Gasteiger partial charge >= 0.3 is 5.97 Å². The number of nitrogens with one attached hydrogen (secondary N) is 1. The zero-order valence-electron chi connectivity index (χ0n) is 13.9. The standard InChI is InChI=1S/C19H21NO3S/c1-12-7-3-5-9-15(12)20-18(21)13(2)23-19(22)17-11-14-8-4-6-10-16(14)24-17/h3,5,7,9,11,13H,4,6,8,10H2,1-2H3,(H,20,21). The Balaban J connectivity index is 1.62. The van der Waals surface area contributed by atoms with E-state index in [9.17, 15) is 9.59 Å². The number of amides is 1. The zero-order chi connectivity index (χ0) is 17.1. The van der Waals surface area contributed by atoms with E-state index in [0.29, 0.717) is 4.88 Å². The number of hydrogen-bond donors (Lipinski definition) is 1. The molecule has 3 rings (SSSR count). The lowest BCUT2D eigenvalue weighted by Crippen LogP contribution is -2.30. The van der Waals surface area contributed by atoms with E-state index in [0.717, 1.165) is 24.1 Å². The van der Waals surface area contributed by atoms with E-state index in [1.807, 2.05) is 37.3 Å². The van der Waals surface area contributed by atoms with Gasteiger partial charge in [-0.3, -0.25) is 4.79 Å². The van der Waals surface area contributed by atoms with Gasteiger partial charge in [-0.15, -0.1) is 11.3 Å². The van der Waals surface area contributed by atoms with Gasteiger partial charge in [0.15, 0.2) is 6.10 Å². The lowest BCUT2D eigenvalue weighted by molar-refractivity contribution is -0.123. The first-order valence-corrected chi connectivity index (χ1v) is 9.05. The number of ether oxygens (including phenoxy) is 1. The molecule has 1 heterocycles. The van der Waals surface area contributed by atoms with Crippen LogP contribution in [-0.4, -0.2) is 18.0 Å². The number of fused-ring (bicyclic) bond motifs is 1. The van der Waals surface area contributed by atoms with Crippen LogP contribution in [0.4, 0.5) is 5.69 Å². The summed E-state index contributed by atoms with van der Waals surface area (Å²) in [5, 5.41) is 2.80. The molecule has 0 radical (unpaired) electrons.